The Hall–Kier alpha value is -2.93. The highest BCUT2D eigenvalue weighted by Crippen LogP contribution is 2.12. The van der Waals surface area contributed by atoms with Gasteiger partial charge in [0.2, 0.25) is 0 Å². The molecule has 0 aliphatic heterocycles. The number of carbonyl (C=O) groups is 1. The minimum atomic E-state index is -0.523. The van der Waals surface area contributed by atoms with Crippen molar-refractivity contribution in [3.05, 3.63) is 71.0 Å². The number of nitriles is 1. The number of rotatable bonds is 3. The molecule has 3 nitrogen and oxygen atoms in total. The largest absolute Gasteiger partial charge is 0.321 e. The number of benzene rings is 2. The second kappa shape index (κ2) is 6.49. The number of hydrogen-bond acceptors (Lipinski definition) is 2. The number of halogens is 1. The molecule has 21 heavy (non-hydrogen) atoms. The van der Waals surface area contributed by atoms with Gasteiger partial charge in [-0.1, -0.05) is 29.8 Å². The van der Waals surface area contributed by atoms with E-state index in [4.69, 9.17) is 5.26 Å². The van der Waals surface area contributed by atoms with Crippen LogP contribution in [0.2, 0.25) is 0 Å². The first-order valence-electron chi connectivity index (χ1n) is 6.34. The maximum Gasteiger partial charge on any atom is 0.266 e. The molecule has 1 amide bonds. The van der Waals surface area contributed by atoms with Crippen LogP contribution in [0, 0.1) is 24.1 Å². The first-order valence-corrected chi connectivity index (χ1v) is 6.34. The molecule has 1 N–H and O–H groups in total. The van der Waals surface area contributed by atoms with E-state index in [-0.39, 0.29) is 11.4 Å². The summed E-state index contributed by atoms with van der Waals surface area (Å²) in [5.74, 6) is -0.909. The molecule has 2 aromatic carbocycles. The molecule has 0 fully saturated rings. The second-order valence-electron chi connectivity index (χ2n) is 4.54. The molecule has 104 valence electrons. The number of nitrogens with one attached hydrogen (secondary N) is 1. The maximum absolute atomic E-state index is 12.8. The van der Waals surface area contributed by atoms with Gasteiger partial charge in [0.25, 0.3) is 5.91 Å². The quantitative estimate of drug-likeness (QED) is 0.688. The van der Waals surface area contributed by atoms with Crippen molar-refractivity contribution in [1.29, 1.82) is 5.26 Å². The molecular weight excluding hydrogens is 267 g/mol. The summed E-state index contributed by atoms with van der Waals surface area (Å²) in [5, 5.41) is 11.7. The molecule has 0 heterocycles. The maximum atomic E-state index is 12.8. The van der Waals surface area contributed by atoms with Crippen molar-refractivity contribution >= 4 is 17.7 Å². The van der Waals surface area contributed by atoms with E-state index in [1.165, 1.54) is 30.3 Å². The van der Waals surface area contributed by atoms with Crippen molar-refractivity contribution in [3.8, 4) is 6.07 Å². The molecule has 0 bridgehead atoms. The number of aryl methyl sites for hydroxylation is 1. The normalized spacial score (nSPS) is 10.8. The van der Waals surface area contributed by atoms with Crippen molar-refractivity contribution in [3.63, 3.8) is 0 Å². The summed E-state index contributed by atoms with van der Waals surface area (Å²) in [6.07, 6.45) is 1.51. The SMILES string of the molecule is Cc1ccc(/C=C(/C#N)C(=O)Nc2ccc(F)cc2)cc1. The van der Waals surface area contributed by atoms with Gasteiger partial charge in [0, 0.05) is 5.69 Å². The molecule has 0 unspecified atom stereocenters. The highest BCUT2D eigenvalue weighted by atomic mass is 19.1. The third-order valence-corrected chi connectivity index (χ3v) is 2.86. The molecule has 2 rings (SSSR count). The lowest BCUT2D eigenvalue weighted by atomic mass is 10.1. The van der Waals surface area contributed by atoms with Gasteiger partial charge >= 0.3 is 0 Å². The molecule has 0 aliphatic carbocycles. The smallest absolute Gasteiger partial charge is 0.266 e. The molecule has 0 aromatic heterocycles. The Morgan fingerprint density at radius 1 is 1.14 bits per heavy atom. The summed E-state index contributed by atoms with van der Waals surface area (Å²) in [6, 6.07) is 14.7. The number of nitrogens with zero attached hydrogens (tertiary/aromatic N) is 1. The Morgan fingerprint density at radius 2 is 1.76 bits per heavy atom. The fourth-order valence-electron chi connectivity index (χ4n) is 1.71. The fraction of sp³-hybridized carbons (Fsp3) is 0.0588. The molecule has 0 saturated heterocycles. The predicted molar refractivity (Wildman–Crippen MR) is 79.8 cm³/mol. The van der Waals surface area contributed by atoms with E-state index < -0.39 is 5.91 Å². The van der Waals surface area contributed by atoms with Crippen LogP contribution in [0.25, 0.3) is 6.08 Å². The van der Waals surface area contributed by atoms with Crippen LogP contribution >= 0.6 is 0 Å². The lowest BCUT2D eigenvalue weighted by Crippen LogP contribution is -2.13. The van der Waals surface area contributed by atoms with Gasteiger partial charge in [-0.3, -0.25) is 4.79 Å². The van der Waals surface area contributed by atoms with Crippen molar-refractivity contribution in [2.75, 3.05) is 5.32 Å². The van der Waals surface area contributed by atoms with E-state index in [0.29, 0.717) is 5.69 Å². The van der Waals surface area contributed by atoms with Gasteiger partial charge in [-0.25, -0.2) is 4.39 Å². The number of hydrogen-bond donors (Lipinski definition) is 1. The van der Waals surface area contributed by atoms with Gasteiger partial charge in [-0.05, 0) is 42.8 Å². The molecule has 2 aromatic rings. The van der Waals surface area contributed by atoms with Gasteiger partial charge in [-0.2, -0.15) is 5.26 Å². The zero-order chi connectivity index (χ0) is 15.2. The van der Waals surface area contributed by atoms with Gasteiger partial charge in [-0.15, -0.1) is 0 Å². The zero-order valence-electron chi connectivity index (χ0n) is 11.4. The van der Waals surface area contributed by atoms with Crippen LogP contribution in [0.1, 0.15) is 11.1 Å². The second-order valence-corrected chi connectivity index (χ2v) is 4.54. The lowest BCUT2D eigenvalue weighted by Gasteiger charge is -2.04. The minimum absolute atomic E-state index is 0.0109. The van der Waals surface area contributed by atoms with Crippen LogP contribution in [0.3, 0.4) is 0 Å². The fourth-order valence-corrected chi connectivity index (χ4v) is 1.71. The van der Waals surface area contributed by atoms with Gasteiger partial charge in [0.1, 0.15) is 17.5 Å². The van der Waals surface area contributed by atoms with Crippen LogP contribution in [-0.4, -0.2) is 5.91 Å². The van der Waals surface area contributed by atoms with E-state index in [1.54, 1.807) is 0 Å². The van der Waals surface area contributed by atoms with E-state index in [2.05, 4.69) is 5.32 Å². The van der Waals surface area contributed by atoms with Gasteiger partial charge in [0.05, 0.1) is 0 Å². The third-order valence-electron chi connectivity index (χ3n) is 2.86. The van der Waals surface area contributed by atoms with E-state index in [1.807, 2.05) is 37.3 Å². The van der Waals surface area contributed by atoms with Crippen LogP contribution < -0.4 is 5.32 Å². The summed E-state index contributed by atoms with van der Waals surface area (Å²) in [4.78, 5) is 12.0. The molecule has 0 saturated carbocycles. The minimum Gasteiger partial charge on any atom is -0.321 e. The average Bonchev–Trinajstić information content (AvgIpc) is 2.49. The Labute approximate surface area is 122 Å². The first-order chi connectivity index (χ1) is 10.1. The predicted octanol–water partition coefficient (Wildman–Crippen LogP) is 3.68. The summed E-state index contributed by atoms with van der Waals surface area (Å²) in [7, 11) is 0. The topological polar surface area (TPSA) is 52.9 Å². The van der Waals surface area contributed by atoms with Crippen molar-refractivity contribution in [1.82, 2.24) is 0 Å². The van der Waals surface area contributed by atoms with Crippen LogP contribution in [-0.2, 0) is 4.79 Å². The van der Waals surface area contributed by atoms with Crippen LogP contribution in [0.5, 0.6) is 0 Å². The molecular formula is C17H13FN2O. The monoisotopic (exact) mass is 280 g/mol. The summed E-state index contributed by atoms with van der Waals surface area (Å²) in [5.41, 5.74) is 2.29. The first kappa shape index (κ1) is 14.5. The van der Waals surface area contributed by atoms with Gasteiger partial charge in [0.15, 0.2) is 0 Å². The van der Waals surface area contributed by atoms with Crippen molar-refractivity contribution < 1.29 is 9.18 Å². The molecule has 4 heteroatoms. The Balaban J connectivity index is 2.17. The third kappa shape index (κ3) is 4.02. The number of amides is 1. The lowest BCUT2D eigenvalue weighted by molar-refractivity contribution is -0.112. The standard InChI is InChI=1S/C17H13FN2O/c1-12-2-4-13(5-3-12)10-14(11-19)17(21)20-16-8-6-15(18)7-9-16/h2-10H,1H3,(H,20,21)/b14-10-. The molecule has 0 spiro atoms. The van der Waals surface area contributed by atoms with Crippen LogP contribution in [0.15, 0.2) is 54.1 Å². The van der Waals surface area contributed by atoms with Crippen LogP contribution in [0.4, 0.5) is 10.1 Å². The van der Waals surface area contributed by atoms with Gasteiger partial charge < -0.3 is 5.32 Å². The van der Waals surface area contributed by atoms with E-state index in [9.17, 15) is 9.18 Å². The zero-order valence-corrected chi connectivity index (χ0v) is 11.4. The average molecular weight is 280 g/mol. The summed E-state index contributed by atoms with van der Waals surface area (Å²) < 4.78 is 12.8. The van der Waals surface area contributed by atoms with E-state index in [0.717, 1.165) is 11.1 Å². The molecule has 0 radical (unpaired) electrons. The summed E-state index contributed by atoms with van der Waals surface area (Å²) >= 11 is 0. The van der Waals surface area contributed by atoms with Crippen molar-refractivity contribution in [2.45, 2.75) is 6.92 Å². The highest BCUT2D eigenvalue weighted by molar-refractivity contribution is 6.09. The Morgan fingerprint density at radius 3 is 2.33 bits per heavy atom. The van der Waals surface area contributed by atoms with Crippen molar-refractivity contribution in [2.24, 2.45) is 0 Å². The number of carbonyl (C=O) groups excluding carboxylic acids is 1. The molecule has 0 atom stereocenters. The van der Waals surface area contributed by atoms with E-state index >= 15 is 0 Å². The Bertz CT molecular complexity index is 710. The molecule has 0 aliphatic rings. The highest BCUT2D eigenvalue weighted by Gasteiger charge is 2.09. The summed E-state index contributed by atoms with van der Waals surface area (Å²) in [6.45, 7) is 1.96. The number of anilines is 1. The Kier molecular flexibility index (Phi) is 4.47.